The van der Waals surface area contributed by atoms with Gasteiger partial charge in [-0.15, -0.1) is 0 Å². The summed E-state index contributed by atoms with van der Waals surface area (Å²) in [6, 6.07) is 17.1. The van der Waals surface area contributed by atoms with Gasteiger partial charge in [0.2, 0.25) is 5.91 Å². The van der Waals surface area contributed by atoms with E-state index in [9.17, 15) is 4.79 Å². The van der Waals surface area contributed by atoms with Crippen molar-refractivity contribution >= 4 is 11.6 Å². The van der Waals surface area contributed by atoms with Crippen molar-refractivity contribution in [3.05, 3.63) is 65.2 Å². The van der Waals surface area contributed by atoms with E-state index in [4.69, 9.17) is 0 Å². The van der Waals surface area contributed by atoms with E-state index in [1.54, 1.807) is 0 Å². The normalized spacial score (nSPS) is 20.6. The largest absolute Gasteiger partial charge is 0.326 e. The van der Waals surface area contributed by atoms with E-state index >= 15 is 0 Å². The minimum atomic E-state index is 0.123. The molecule has 2 aliphatic rings. The van der Waals surface area contributed by atoms with Crippen molar-refractivity contribution in [3.8, 4) is 0 Å². The Labute approximate surface area is 162 Å². The van der Waals surface area contributed by atoms with Crippen LogP contribution >= 0.6 is 0 Å². The molecular formula is C24H30N2O. The summed E-state index contributed by atoms with van der Waals surface area (Å²) in [6.07, 6.45) is 4.03. The lowest BCUT2D eigenvalue weighted by Crippen LogP contribution is -2.38. The summed E-state index contributed by atoms with van der Waals surface area (Å²) in [6.45, 7) is 6.52. The number of benzene rings is 2. The first-order chi connectivity index (χ1) is 13.1. The van der Waals surface area contributed by atoms with Gasteiger partial charge in [0.15, 0.2) is 0 Å². The van der Waals surface area contributed by atoms with Gasteiger partial charge in [-0.1, -0.05) is 50.2 Å². The second-order valence-electron chi connectivity index (χ2n) is 8.55. The van der Waals surface area contributed by atoms with Crippen molar-refractivity contribution < 1.29 is 4.79 Å². The fourth-order valence-corrected chi connectivity index (χ4v) is 4.98. The van der Waals surface area contributed by atoms with Crippen LogP contribution in [-0.4, -0.2) is 19.0 Å². The molecule has 2 aromatic rings. The third-order valence-electron chi connectivity index (χ3n) is 6.46. The summed E-state index contributed by atoms with van der Waals surface area (Å²) in [5, 5.41) is 6.59. The van der Waals surface area contributed by atoms with Crippen LogP contribution in [0.25, 0.3) is 0 Å². The lowest BCUT2D eigenvalue weighted by Gasteiger charge is -2.35. The number of hydrogen-bond donors (Lipinski definition) is 2. The predicted octanol–water partition coefficient (Wildman–Crippen LogP) is 4.95. The molecule has 1 unspecified atom stereocenters. The number of amides is 1. The maximum atomic E-state index is 12.7. The van der Waals surface area contributed by atoms with Crippen LogP contribution in [0.2, 0.25) is 0 Å². The number of piperidine rings is 1. The average Bonchev–Trinajstić information content (AvgIpc) is 2.96. The van der Waals surface area contributed by atoms with Crippen LogP contribution in [0.15, 0.2) is 48.5 Å². The van der Waals surface area contributed by atoms with E-state index in [-0.39, 0.29) is 11.3 Å². The lowest BCUT2D eigenvalue weighted by atomic mass is 9.73. The van der Waals surface area contributed by atoms with Gasteiger partial charge < -0.3 is 10.6 Å². The van der Waals surface area contributed by atoms with Crippen molar-refractivity contribution in [1.29, 1.82) is 0 Å². The number of carbonyl (C=O) groups excluding carboxylic acids is 1. The van der Waals surface area contributed by atoms with Gasteiger partial charge in [0.05, 0.1) is 0 Å². The second-order valence-corrected chi connectivity index (χ2v) is 8.55. The minimum Gasteiger partial charge on any atom is -0.326 e. The molecule has 0 aromatic heterocycles. The van der Waals surface area contributed by atoms with Crippen molar-refractivity contribution in [2.24, 2.45) is 0 Å². The molecule has 142 valence electrons. The Morgan fingerprint density at radius 3 is 2.52 bits per heavy atom. The van der Waals surface area contributed by atoms with Gasteiger partial charge in [-0.05, 0) is 78.4 Å². The van der Waals surface area contributed by atoms with E-state index in [2.05, 4.69) is 60.9 Å². The zero-order valence-corrected chi connectivity index (χ0v) is 16.4. The summed E-state index contributed by atoms with van der Waals surface area (Å²) >= 11 is 0. The first-order valence-corrected chi connectivity index (χ1v) is 10.3. The van der Waals surface area contributed by atoms with Gasteiger partial charge in [-0.25, -0.2) is 0 Å². The first-order valence-electron chi connectivity index (χ1n) is 10.3. The molecule has 0 radical (unpaired) electrons. The Balaban J connectivity index is 1.47. The number of hydrogen-bond acceptors (Lipinski definition) is 2. The van der Waals surface area contributed by atoms with E-state index in [0.717, 1.165) is 25.2 Å². The van der Waals surface area contributed by atoms with Gasteiger partial charge in [-0.2, -0.15) is 0 Å². The first kappa shape index (κ1) is 18.2. The van der Waals surface area contributed by atoms with Crippen molar-refractivity contribution in [1.82, 2.24) is 5.32 Å². The molecule has 1 atom stereocenters. The van der Waals surface area contributed by atoms with Gasteiger partial charge in [-0.3, -0.25) is 4.79 Å². The van der Waals surface area contributed by atoms with E-state index in [1.807, 2.05) is 12.1 Å². The highest BCUT2D eigenvalue weighted by Gasteiger charge is 2.44. The fraction of sp³-hybridized carbons (Fsp3) is 0.458. The topological polar surface area (TPSA) is 41.1 Å². The average molecular weight is 363 g/mol. The van der Waals surface area contributed by atoms with E-state index < -0.39 is 0 Å². The molecule has 4 rings (SSSR count). The summed E-state index contributed by atoms with van der Waals surface area (Å²) in [7, 11) is 0. The van der Waals surface area contributed by atoms with Crippen LogP contribution in [0.5, 0.6) is 0 Å². The molecule has 1 aliphatic heterocycles. The SMILES string of the molecule is CC(C)c1ccc(NC(=O)CC2CC3(CCNCC3)c3ccccc32)cc1. The van der Waals surface area contributed by atoms with Crippen LogP contribution < -0.4 is 10.6 Å². The summed E-state index contributed by atoms with van der Waals surface area (Å²) in [5.74, 6) is 0.957. The number of carbonyl (C=O) groups is 1. The highest BCUT2D eigenvalue weighted by Crippen LogP contribution is 2.51. The van der Waals surface area contributed by atoms with Crippen LogP contribution in [0.3, 0.4) is 0 Å². The van der Waals surface area contributed by atoms with Crippen molar-refractivity contribution in [2.45, 2.75) is 56.8 Å². The summed E-state index contributed by atoms with van der Waals surface area (Å²) in [4.78, 5) is 12.7. The number of anilines is 1. The monoisotopic (exact) mass is 362 g/mol. The number of rotatable bonds is 4. The molecule has 1 heterocycles. The van der Waals surface area contributed by atoms with Crippen molar-refractivity contribution in [3.63, 3.8) is 0 Å². The van der Waals surface area contributed by atoms with Gasteiger partial charge >= 0.3 is 0 Å². The van der Waals surface area contributed by atoms with Gasteiger partial charge in [0, 0.05) is 12.1 Å². The second kappa shape index (κ2) is 7.47. The Morgan fingerprint density at radius 1 is 1.11 bits per heavy atom. The molecule has 1 fully saturated rings. The molecule has 1 spiro atoms. The molecular weight excluding hydrogens is 332 g/mol. The molecule has 2 N–H and O–H groups in total. The van der Waals surface area contributed by atoms with Crippen LogP contribution in [0, 0.1) is 0 Å². The maximum absolute atomic E-state index is 12.7. The Morgan fingerprint density at radius 2 is 1.81 bits per heavy atom. The van der Waals surface area contributed by atoms with Crippen LogP contribution in [-0.2, 0) is 10.2 Å². The van der Waals surface area contributed by atoms with E-state index in [0.29, 0.717) is 18.3 Å². The number of fused-ring (bicyclic) bond motifs is 2. The Hall–Kier alpha value is -2.13. The highest BCUT2D eigenvalue weighted by molar-refractivity contribution is 5.91. The molecule has 1 aliphatic carbocycles. The molecule has 1 amide bonds. The maximum Gasteiger partial charge on any atom is 0.224 e. The van der Waals surface area contributed by atoms with Crippen molar-refractivity contribution in [2.75, 3.05) is 18.4 Å². The van der Waals surface area contributed by atoms with Crippen LogP contribution in [0.1, 0.15) is 68.1 Å². The Bertz CT molecular complexity index is 803. The third kappa shape index (κ3) is 3.66. The van der Waals surface area contributed by atoms with Crippen LogP contribution in [0.4, 0.5) is 5.69 Å². The smallest absolute Gasteiger partial charge is 0.224 e. The fourth-order valence-electron chi connectivity index (χ4n) is 4.98. The molecule has 2 aromatic carbocycles. The standard InChI is InChI=1S/C24H30N2O/c1-17(2)18-7-9-20(10-8-18)26-23(27)15-19-16-24(11-13-25-14-12-24)22-6-4-3-5-21(19)22/h3-10,17,19,25H,11-16H2,1-2H3,(H,26,27). The highest BCUT2D eigenvalue weighted by atomic mass is 16.1. The quantitative estimate of drug-likeness (QED) is 0.808. The molecule has 0 bridgehead atoms. The zero-order chi connectivity index (χ0) is 18.9. The molecule has 3 nitrogen and oxygen atoms in total. The molecule has 27 heavy (non-hydrogen) atoms. The van der Waals surface area contributed by atoms with Gasteiger partial charge in [0.25, 0.3) is 0 Å². The molecule has 1 saturated heterocycles. The minimum absolute atomic E-state index is 0.123. The number of nitrogens with one attached hydrogen (secondary N) is 2. The third-order valence-corrected chi connectivity index (χ3v) is 6.46. The lowest BCUT2D eigenvalue weighted by molar-refractivity contribution is -0.116. The summed E-state index contributed by atoms with van der Waals surface area (Å²) < 4.78 is 0. The molecule has 3 heteroatoms. The zero-order valence-electron chi connectivity index (χ0n) is 16.4. The van der Waals surface area contributed by atoms with E-state index in [1.165, 1.54) is 29.5 Å². The predicted molar refractivity (Wildman–Crippen MR) is 111 cm³/mol. The summed E-state index contributed by atoms with van der Waals surface area (Å²) in [5.41, 5.74) is 5.35. The molecule has 0 saturated carbocycles. The van der Waals surface area contributed by atoms with Gasteiger partial charge in [0.1, 0.15) is 0 Å². The Kier molecular flexibility index (Phi) is 5.05.